The maximum atomic E-state index is 10.9. The summed E-state index contributed by atoms with van der Waals surface area (Å²) >= 11 is 0. The lowest BCUT2D eigenvalue weighted by atomic mass is 9.78. The molecule has 0 aromatic heterocycles. The molecule has 0 radical (unpaired) electrons. The first-order valence-corrected chi connectivity index (χ1v) is 5.79. The molecular formula is C12H22O2. The number of aliphatic hydroxyl groups is 1. The predicted octanol–water partition coefficient (Wildman–Crippen LogP) is 2.54. The number of ketones is 1. The monoisotopic (exact) mass is 198 g/mol. The second kappa shape index (κ2) is 5.50. The molecule has 1 rings (SSSR count). The Morgan fingerprint density at radius 1 is 1.36 bits per heavy atom. The van der Waals surface area contributed by atoms with Crippen LogP contribution in [0.1, 0.15) is 52.4 Å². The largest absolute Gasteiger partial charge is 0.385 e. The maximum absolute atomic E-state index is 10.9. The van der Waals surface area contributed by atoms with Crippen molar-refractivity contribution in [2.24, 2.45) is 11.8 Å². The van der Waals surface area contributed by atoms with Crippen LogP contribution in [-0.2, 0) is 4.79 Å². The van der Waals surface area contributed by atoms with Crippen LogP contribution >= 0.6 is 0 Å². The van der Waals surface area contributed by atoms with Gasteiger partial charge in [-0.1, -0.05) is 39.0 Å². The van der Waals surface area contributed by atoms with E-state index in [0.29, 0.717) is 12.3 Å². The molecule has 0 heterocycles. The van der Waals surface area contributed by atoms with E-state index < -0.39 is 6.10 Å². The Morgan fingerprint density at radius 3 is 2.43 bits per heavy atom. The van der Waals surface area contributed by atoms with Gasteiger partial charge in [-0.2, -0.15) is 0 Å². The van der Waals surface area contributed by atoms with E-state index in [9.17, 15) is 9.90 Å². The minimum atomic E-state index is -0.730. The number of aliphatic hydroxyl groups excluding tert-OH is 1. The van der Waals surface area contributed by atoms with Crippen LogP contribution in [0.15, 0.2) is 0 Å². The van der Waals surface area contributed by atoms with Gasteiger partial charge in [-0.3, -0.25) is 4.79 Å². The summed E-state index contributed by atoms with van der Waals surface area (Å²) in [5.74, 6) is 1.14. The molecule has 1 aliphatic carbocycles. The van der Waals surface area contributed by atoms with Gasteiger partial charge < -0.3 is 5.11 Å². The Hall–Kier alpha value is -0.370. The molecule has 14 heavy (non-hydrogen) atoms. The van der Waals surface area contributed by atoms with Crippen molar-refractivity contribution < 1.29 is 9.90 Å². The Labute approximate surface area is 86.7 Å². The molecule has 0 spiro atoms. The van der Waals surface area contributed by atoms with Crippen LogP contribution in [0.5, 0.6) is 0 Å². The second-order valence-corrected chi connectivity index (χ2v) is 4.74. The third kappa shape index (κ3) is 3.41. The normalized spacial score (nSPS) is 23.1. The van der Waals surface area contributed by atoms with Crippen LogP contribution in [0.3, 0.4) is 0 Å². The summed E-state index contributed by atoms with van der Waals surface area (Å²) in [6.07, 6.45) is 6.50. The van der Waals surface area contributed by atoms with Gasteiger partial charge in [0, 0.05) is 0 Å². The van der Waals surface area contributed by atoms with Gasteiger partial charge in [-0.05, 0) is 25.2 Å². The molecule has 0 bridgehead atoms. The lowest BCUT2D eigenvalue weighted by Gasteiger charge is -2.28. The molecule has 1 N–H and O–H groups in total. The number of carbonyl (C=O) groups excluding carboxylic acids is 1. The van der Waals surface area contributed by atoms with Crippen molar-refractivity contribution in [2.75, 3.05) is 0 Å². The van der Waals surface area contributed by atoms with Crippen molar-refractivity contribution in [3.05, 3.63) is 0 Å². The topological polar surface area (TPSA) is 37.3 Å². The zero-order valence-corrected chi connectivity index (χ0v) is 9.33. The molecule has 1 aliphatic rings. The van der Waals surface area contributed by atoms with E-state index in [0.717, 1.165) is 5.92 Å². The van der Waals surface area contributed by atoms with Crippen molar-refractivity contribution in [1.29, 1.82) is 0 Å². The highest BCUT2D eigenvalue weighted by Gasteiger charge is 2.23. The average Bonchev–Trinajstić information content (AvgIpc) is 2.19. The third-order valence-electron chi connectivity index (χ3n) is 3.52. The second-order valence-electron chi connectivity index (χ2n) is 4.74. The smallest absolute Gasteiger partial charge is 0.158 e. The highest BCUT2D eigenvalue weighted by Crippen LogP contribution is 2.32. The zero-order valence-electron chi connectivity index (χ0n) is 9.33. The SMILES string of the molecule is CC(=O)C(O)CC(C)C1CCCCC1. The standard InChI is InChI=1S/C12H22O2/c1-9(8-12(14)10(2)13)11-6-4-3-5-7-11/h9,11-12,14H,3-8H2,1-2H3. The summed E-state index contributed by atoms with van der Waals surface area (Å²) in [6, 6.07) is 0. The first-order chi connectivity index (χ1) is 6.61. The lowest BCUT2D eigenvalue weighted by molar-refractivity contribution is -0.125. The molecular weight excluding hydrogens is 176 g/mol. The summed E-state index contributed by atoms with van der Waals surface area (Å²) in [4.78, 5) is 10.9. The van der Waals surface area contributed by atoms with Gasteiger partial charge in [-0.15, -0.1) is 0 Å². The van der Waals surface area contributed by atoms with Crippen LogP contribution < -0.4 is 0 Å². The van der Waals surface area contributed by atoms with Crippen molar-refractivity contribution >= 4 is 5.78 Å². The van der Waals surface area contributed by atoms with Gasteiger partial charge in [0.1, 0.15) is 6.10 Å². The van der Waals surface area contributed by atoms with Crippen LogP contribution in [0, 0.1) is 11.8 Å². The number of rotatable bonds is 4. The van der Waals surface area contributed by atoms with Crippen molar-refractivity contribution in [1.82, 2.24) is 0 Å². The van der Waals surface area contributed by atoms with Gasteiger partial charge in [0.2, 0.25) is 0 Å². The van der Waals surface area contributed by atoms with E-state index in [-0.39, 0.29) is 5.78 Å². The minimum absolute atomic E-state index is 0.0901. The molecule has 1 fully saturated rings. The number of carbonyl (C=O) groups is 1. The van der Waals surface area contributed by atoms with Crippen molar-refractivity contribution in [2.45, 2.75) is 58.5 Å². The Balaban J connectivity index is 2.32. The van der Waals surface area contributed by atoms with Gasteiger partial charge in [0.25, 0.3) is 0 Å². The highest BCUT2D eigenvalue weighted by atomic mass is 16.3. The summed E-state index contributed by atoms with van der Waals surface area (Å²) in [5, 5.41) is 9.48. The van der Waals surface area contributed by atoms with Gasteiger partial charge >= 0.3 is 0 Å². The molecule has 2 atom stereocenters. The van der Waals surface area contributed by atoms with Crippen molar-refractivity contribution in [3.8, 4) is 0 Å². The fourth-order valence-electron chi connectivity index (χ4n) is 2.41. The number of Topliss-reactive ketones (excluding diaryl/α,β-unsaturated/α-hetero) is 1. The van der Waals surface area contributed by atoms with Crippen molar-refractivity contribution in [3.63, 3.8) is 0 Å². The predicted molar refractivity (Wildman–Crippen MR) is 57.0 cm³/mol. The zero-order chi connectivity index (χ0) is 10.6. The third-order valence-corrected chi connectivity index (χ3v) is 3.52. The van der Waals surface area contributed by atoms with Crippen LogP contribution in [0.2, 0.25) is 0 Å². The molecule has 1 saturated carbocycles. The summed E-state index contributed by atoms with van der Waals surface area (Å²) < 4.78 is 0. The molecule has 0 amide bonds. The van der Waals surface area contributed by atoms with Crippen LogP contribution in [0.25, 0.3) is 0 Å². The fourth-order valence-corrected chi connectivity index (χ4v) is 2.41. The van der Waals surface area contributed by atoms with E-state index in [2.05, 4.69) is 6.92 Å². The molecule has 2 heteroatoms. The molecule has 0 saturated heterocycles. The molecule has 2 nitrogen and oxygen atoms in total. The first-order valence-electron chi connectivity index (χ1n) is 5.79. The summed E-state index contributed by atoms with van der Waals surface area (Å²) in [6.45, 7) is 3.64. The quantitative estimate of drug-likeness (QED) is 0.753. The van der Waals surface area contributed by atoms with Crippen LogP contribution in [-0.4, -0.2) is 17.0 Å². The van der Waals surface area contributed by atoms with E-state index in [4.69, 9.17) is 0 Å². The summed E-state index contributed by atoms with van der Waals surface area (Å²) in [5.41, 5.74) is 0. The first kappa shape index (κ1) is 11.7. The fraction of sp³-hybridized carbons (Fsp3) is 0.917. The van der Waals surface area contributed by atoms with E-state index in [1.54, 1.807) is 0 Å². The summed E-state index contributed by atoms with van der Waals surface area (Å²) in [7, 11) is 0. The maximum Gasteiger partial charge on any atom is 0.158 e. The van der Waals surface area contributed by atoms with Gasteiger partial charge in [0.15, 0.2) is 5.78 Å². The minimum Gasteiger partial charge on any atom is -0.385 e. The van der Waals surface area contributed by atoms with Crippen LogP contribution in [0.4, 0.5) is 0 Å². The lowest BCUT2D eigenvalue weighted by Crippen LogP contribution is -2.25. The molecule has 0 aromatic carbocycles. The van der Waals surface area contributed by atoms with Gasteiger partial charge in [0.05, 0.1) is 0 Å². The highest BCUT2D eigenvalue weighted by molar-refractivity contribution is 5.80. The Bertz CT molecular complexity index is 183. The van der Waals surface area contributed by atoms with Gasteiger partial charge in [-0.25, -0.2) is 0 Å². The molecule has 0 aromatic rings. The van der Waals surface area contributed by atoms with E-state index in [1.165, 1.54) is 39.0 Å². The van der Waals surface area contributed by atoms with E-state index >= 15 is 0 Å². The molecule has 0 aliphatic heterocycles. The number of hydrogen-bond acceptors (Lipinski definition) is 2. The molecule has 2 unspecified atom stereocenters. The molecule has 82 valence electrons. The number of hydrogen-bond donors (Lipinski definition) is 1. The Morgan fingerprint density at radius 2 is 1.93 bits per heavy atom. The van der Waals surface area contributed by atoms with E-state index in [1.807, 2.05) is 0 Å². The Kier molecular flexibility index (Phi) is 4.59. The average molecular weight is 198 g/mol.